The SMILES string of the molecule is C[C@H]1CCCC[C@H]1[NH2+][C@@H]1CS(=O)(=O)C[C@@H]1O. The molecule has 1 saturated carbocycles. The second-order valence-corrected chi connectivity index (χ2v) is 7.58. The molecular weight excluding hydrogens is 226 g/mol. The van der Waals surface area contributed by atoms with E-state index in [9.17, 15) is 13.5 Å². The quantitative estimate of drug-likeness (QED) is 0.678. The first-order valence-electron chi connectivity index (χ1n) is 6.21. The van der Waals surface area contributed by atoms with Crippen LogP contribution in [0.3, 0.4) is 0 Å². The molecule has 0 radical (unpaired) electrons. The highest BCUT2D eigenvalue weighted by molar-refractivity contribution is 7.91. The molecule has 1 saturated heterocycles. The molecule has 0 unspecified atom stereocenters. The van der Waals surface area contributed by atoms with Crippen LogP contribution in [-0.2, 0) is 9.84 Å². The highest BCUT2D eigenvalue weighted by Crippen LogP contribution is 2.22. The Labute approximate surface area is 97.3 Å². The van der Waals surface area contributed by atoms with Crippen molar-refractivity contribution in [3.63, 3.8) is 0 Å². The van der Waals surface area contributed by atoms with Crippen LogP contribution in [-0.4, -0.2) is 43.2 Å². The molecule has 0 spiro atoms. The van der Waals surface area contributed by atoms with Gasteiger partial charge in [-0.2, -0.15) is 0 Å². The molecule has 16 heavy (non-hydrogen) atoms. The van der Waals surface area contributed by atoms with Crippen molar-refractivity contribution in [1.29, 1.82) is 0 Å². The lowest BCUT2D eigenvalue weighted by molar-refractivity contribution is -0.729. The number of aliphatic hydroxyl groups is 1. The number of rotatable bonds is 2. The third kappa shape index (κ3) is 2.76. The van der Waals surface area contributed by atoms with E-state index in [1.54, 1.807) is 0 Å². The smallest absolute Gasteiger partial charge is 0.159 e. The van der Waals surface area contributed by atoms with Crippen molar-refractivity contribution >= 4 is 9.84 Å². The van der Waals surface area contributed by atoms with Crippen LogP contribution in [0.15, 0.2) is 0 Å². The molecule has 2 fully saturated rings. The molecule has 0 aromatic rings. The molecule has 1 heterocycles. The Bertz CT molecular complexity index is 341. The minimum Gasteiger partial charge on any atom is -0.386 e. The number of aliphatic hydroxyl groups excluding tert-OH is 1. The summed E-state index contributed by atoms with van der Waals surface area (Å²) in [6, 6.07) is 0.372. The van der Waals surface area contributed by atoms with Crippen molar-refractivity contribution in [2.24, 2.45) is 5.92 Å². The Morgan fingerprint density at radius 2 is 1.81 bits per heavy atom. The summed E-state index contributed by atoms with van der Waals surface area (Å²) in [4.78, 5) is 0. The van der Waals surface area contributed by atoms with Crippen LogP contribution in [0.2, 0.25) is 0 Å². The Morgan fingerprint density at radius 1 is 1.12 bits per heavy atom. The third-order valence-electron chi connectivity index (χ3n) is 4.04. The van der Waals surface area contributed by atoms with E-state index < -0.39 is 15.9 Å². The van der Waals surface area contributed by atoms with Crippen molar-refractivity contribution in [3.8, 4) is 0 Å². The van der Waals surface area contributed by atoms with E-state index >= 15 is 0 Å². The van der Waals surface area contributed by atoms with Gasteiger partial charge in [0.1, 0.15) is 17.9 Å². The summed E-state index contributed by atoms with van der Waals surface area (Å²) in [6.07, 6.45) is 4.25. The van der Waals surface area contributed by atoms with Gasteiger partial charge in [0.2, 0.25) is 0 Å². The van der Waals surface area contributed by atoms with Crippen molar-refractivity contribution < 1.29 is 18.8 Å². The van der Waals surface area contributed by atoms with Gasteiger partial charge in [-0.1, -0.05) is 13.3 Å². The summed E-state index contributed by atoms with van der Waals surface area (Å²) in [5, 5.41) is 11.9. The summed E-state index contributed by atoms with van der Waals surface area (Å²) in [6.45, 7) is 2.23. The average molecular weight is 248 g/mol. The van der Waals surface area contributed by atoms with Crippen LogP contribution < -0.4 is 5.32 Å². The van der Waals surface area contributed by atoms with Crippen LogP contribution >= 0.6 is 0 Å². The van der Waals surface area contributed by atoms with Gasteiger partial charge < -0.3 is 10.4 Å². The van der Waals surface area contributed by atoms with Gasteiger partial charge in [-0.3, -0.25) is 0 Å². The second kappa shape index (κ2) is 4.63. The van der Waals surface area contributed by atoms with E-state index in [2.05, 4.69) is 12.2 Å². The van der Waals surface area contributed by atoms with E-state index in [4.69, 9.17) is 0 Å². The highest BCUT2D eigenvalue weighted by Gasteiger charge is 2.41. The molecule has 4 nitrogen and oxygen atoms in total. The van der Waals surface area contributed by atoms with E-state index in [-0.39, 0.29) is 17.5 Å². The fourth-order valence-corrected chi connectivity index (χ4v) is 4.81. The van der Waals surface area contributed by atoms with Gasteiger partial charge in [-0.15, -0.1) is 0 Å². The maximum Gasteiger partial charge on any atom is 0.159 e. The summed E-state index contributed by atoms with van der Waals surface area (Å²) in [5.41, 5.74) is 0. The molecule has 0 amide bonds. The molecule has 0 bridgehead atoms. The zero-order chi connectivity index (χ0) is 11.8. The number of sulfone groups is 1. The van der Waals surface area contributed by atoms with Gasteiger partial charge >= 0.3 is 0 Å². The minimum atomic E-state index is -2.99. The number of quaternary nitrogens is 1. The maximum atomic E-state index is 11.4. The van der Waals surface area contributed by atoms with Crippen molar-refractivity contribution in [3.05, 3.63) is 0 Å². The number of hydrogen-bond donors (Lipinski definition) is 2. The van der Waals surface area contributed by atoms with Crippen LogP contribution in [0.1, 0.15) is 32.6 Å². The zero-order valence-electron chi connectivity index (χ0n) is 9.80. The Kier molecular flexibility index (Phi) is 3.56. The monoisotopic (exact) mass is 248 g/mol. The van der Waals surface area contributed by atoms with Crippen LogP contribution in [0, 0.1) is 5.92 Å². The van der Waals surface area contributed by atoms with E-state index in [0.717, 1.165) is 6.42 Å². The van der Waals surface area contributed by atoms with Crippen molar-refractivity contribution in [2.45, 2.75) is 50.8 Å². The van der Waals surface area contributed by atoms with Gasteiger partial charge in [0.05, 0.1) is 11.8 Å². The van der Waals surface area contributed by atoms with Gasteiger partial charge in [0.25, 0.3) is 0 Å². The first kappa shape index (κ1) is 12.3. The summed E-state index contributed by atoms with van der Waals surface area (Å²) >= 11 is 0. The molecule has 5 heteroatoms. The first-order chi connectivity index (χ1) is 7.48. The lowest BCUT2D eigenvalue weighted by Gasteiger charge is -2.29. The van der Waals surface area contributed by atoms with Crippen LogP contribution in [0.25, 0.3) is 0 Å². The summed E-state index contributed by atoms with van der Waals surface area (Å²) in [5.74, 6) is 0.747. The molecule has 1 aliphatic carbocycles. The fourth-order valence-electron chi connectivity index (χ4n) is 2.99. The fraction of sp³-hybridized carbons (Fsp3) is 1.00. The molecule has 2 rings (SSSR count). The predicted octanol–water partition coefficient (Wildman–Crippen LogP) is -0.714. The van der Waals surface area contributed by atoms with Crippen LogP contribution in [0.5, 0.6) is 0 Å². The first-order valence-corrected chi connectivity index (χ1v) is 8.03. The largest absolute Gasteiger partial charge is 0.386 e. The highest BCUT2D eigenvalue weighted by atomic mass is 32.2. The molecule has 0 aromatic heterocycles. The van der Waals surface area contributed by atoms with Gasteiger partial charge in [-0.25, -0.2) is 8.42 Å². The second-order valence-electron chi connectivity index (χ2n) is 5.43. The molecule has 3 N–H and O–H groups in total. The topological polar surface area (TPSA) is 71.0 Å². The van der Waals surface area contributed by atoms with Crippen molar-refractivity contribution in [2.75, 3.05) is 11.5 Å². The van der Waals surface area contributed by atoms with Gasteiger partial charge in [0, 0.05) is 5.92 Å². The molecule has 0 aromatic carbocycles. The zero-order valence-corrected chi connectivity index (χ0v) is 10.6. The molecule has 1 aliphatic heterocycles. The lowest BCUT2D eigenvalue weighted by Crippen LogP contribution is -2.98. The average Bonchev–Trinajstić information content (AvgIpc) is 2.44. The predicted molar refractivity (Wildman–Crippen MR) is 61.8 cm³/mol. The van der Waals surface area contributed by atoms with Crippen LogP contribution in [0.4, 0.5) is 0 Å². The van der Waals surface area contributed by atoms with E-state index in [1.165, 1.54) is 19.3 Å². The molecular formula is C11H22NO3S+. The molecule has 4 atom stereocenters. The Hall–Kier alpha value is -0.130. The molecule has 94 valence electrons. The maximum absolute atomic E-state index is 11.4. The van der Waals surface area contributed by atoms with Gasteiger partial charge in [0.15, 0.2) is 9.84 Å². The minimum absolute atomic E-state index is 0.0464. The normalized spacial score (nSPS) is 43.4. The molecule has 2 aliphatic rings. The summed E-state index contributed by atoms with van der Waals surface area (Å²) < 4.78 is 22.8. The van der Waals surface area contributed by atoms with Crippen molar-refractivity contribution in [1.82, 2.24) is 0 Å². The van der Waals surface area contributed by atoms with Gasteiger partial charge in [-0.05, 0) is 19.3 Å². The van der Waals surface area contributed by atoms with E-state index in [0.29, 0.717) is 12.0 Å². The Balaban J connectivity index is 1.94. The lowest BCUT2D eigenvalue weighted by atomic mass is 9.85. The Morgan fingerprint density at radius 3 is 2.38 bits per heavy atom. The standard InChI is InChI=1S/C11H21NO3S/c1-8-4-2-3-5-9(8)12-10-6-16(14,15)7-11(10)13/h8-13H,2-7H2,1H3/p+1/t8-,9+,10+,11-/m0/s1. The number of hydrogen-bond acceptors (Lipinski definition) is 3. The summed E-state index contributed by atoms with van der Waals surface area (Å²) in [7, 11) is -2.99. The number of nitrogens with two attached hydrogens (primary N) is 1. The third-order valence-corrected chi connectivity index (χ3v) is 5.78. The van der Waals surface area contributed by atoms with E-state index in [1.807, 2.05) is 0 Å².